The van der Waals surface area contributed by atoms with Crippen LogP contribution in [0.5, 0.6) is 0 Å². The molecular weight excluding hydrogens is 353 g/mol. The molecule has 25 heavy (non-hydrogen) atoms. The third-order valence-electron chi connectivity index (χ3n) is 3.86. The van der Waals surface area contributed by atoms with Gasteiger partial charge in [-0.25, -0.2) is 9.34 Å². The second kappa shape index (κ2) is 11.2. The molecule has 8 heteroatoms. The SMILES string of the molecule is [B]C1CCN(P(OCCC)N(CC)C(C)C)CC(/C=C/P(C)(C)=O)O1. The fraction of sp³-hybridized carbons (Fsp3) is 0.882. The maximum Gasteiger partial charge on any atom is 0.188 e. The zero-order valence-electron chi connectivity index (χ0n) is 16.7. The average molecular weight is 388 g/mol. The Balaban J connectivity index is 2.97. The molecule has 0 bridgehead atoms. The van der Waals surface area contributed by atoms with Crippen molar-refractivity contribution >= 4 is 23.4 Å². The molecule has 0 aliphatic carbocycles. The van der Waals surface area contributed by atoms with E-state index in [9.17, 15) is 4.57 Å². The predicted octanol–water partition coefficient (Wildman–Crippen LogP) is 4.09. The number of hydrogen-bond acceptors (Lipinski definition) is 5. The Kier molecular flexibility index (Phi) is 10.5. The summed E-state index contributed by atoms with van der Waals surface area (Å²) in [6, 6.07) is 0.108. The molecule has 1 rings (SSSR count). The molecule has 2 radical (unpaired) electrons. The third kappa shape index (κ3) is 8.69. The Bertz CT molecular complexity index is 459. The van der Waals surface area contributed by atoms with E-state index in [1.165, 1.54) is 0 Å². The van der Waals surface area contributed by atoms with Crippen LogP contribution in [0.25, 0.3) is 0 Å². The van der Waals surface area contributed by atoms with E-state index in [1.807, 2.05) is 6.08 Å². The van der Waals surface area contributed by atoms with Gasteiger partial charge in [0.05, 0.1) is 12.7 Å². The van der Waals surface area contributed by atoms with Gasteiger partial charge >= 0.3 is 0 Å². The molecule has 1 fully saturated rings. The molecule has 144 valence electrons. The van der Waals surface area contributed by atoms with Crippen molar-refractivity contribution in [3.8, 4) is 0 Å². The molecule has 0 aromatic heterocycles. The first-order valence-electron chi connectivity index (χ1n) is 9.27. The summed E-state index contributed by atoms with van der Waals surface area (Å²) in [4.78, 5) is 0. The van der Waals surface area contributed by atoms with Crippen LogP contribution in [0, 0.1) is 0 Å². The molecule has 1 saturated heterocycles. The Labute approximate surface area is 157 Å². The summed E-state index contributed by atoms with van der Waals surface area (Å²) in [6.45, 7) is 15.5. The van der Waals surface area contributed by atoms with Crippen molar-refractivity contribution in [3.05, 3.63) is 11.9 Å². The largest absolute Gasteiger partial charge is 0.379 e. The van der Waals surface area contributed by atoms with Gasteiger partial charge in [0.1, 0.15) is 15.0 Å². The van der Waals surface area contributed by atoms with E-state index in [4.69, 9.17) is 17.1 Å². The fourth-order valence-corrected chi connectivity index (χ4v) is 5.46. The smallest absolute Gasteiger partial charge is 0.188 e. The highest BCUT2D eigenvalue weighted by Crippen LogP contribution is 2.48. The zero-order valence-corrected chi connectivity index (χ0v) is 18.5. The lowest BCUT2D eigenvalue weighted by molar-refractivity contribution is 0.0681. The van der Waals surface area contributed by atoms with Crippen molar-refractivity contribution in [2.45, 2.75) is 58.7 Å². The Hall–Kier alpha value is 0.305. The summed E-state index contributed by atoms with van der Waals surface area (Å²) >= 11 is 0. The van der Waals surface area contributed by atoms with Gasteiger partial charge in [0.2, 0.25) is 0 Å². The van der Waals surface area contributed by atoms with Gasteiger partial charge in [-0.05, 0) is 45.8 Å². The zero-order chi connectivity index (χ0) is 19.0. The van der Waals surface area contributed by atoms with Crippen molar-refractivity contribution in [3.63, 3.8) is 0 Å². The number of rotatable bonds is 9. The molecular formula is C17H35BN2O3P2. The highest BCUT2D eigenvalue weighted by molar-refractivity contribution is 7.65. The minimum Gasteiger partial charge on any atom is -0.379 e. The molecule has 1 heterocycles. The summed E-state index contributed by atoms with van der Waals surface area (Å²) < 4.78 is 29.0. The normalized spacial score (nSPS) is 25.0. The molecule has 3 unspecified atom stereocenters. The maximum atomic E-state index is 12.0. The van der Waals surface area contributed by atoms with Crippen LogP contribution in [-0.2, 0) is 13.8 Å². The molecule has 0 aromatic rings. The molecule has 5 nitrogen and oxygen atoms in total. The molecule has 1 aliphatic heterocycles. The molecule has 0 saturated carbocycles. The van der Waals surface area contributed by atoms with Gasteiger partial charge in [0.15, 0.2) is 8.45 Å². The highest BCUT2D eigenvalue weighted by Gasteiger charge is 2.32. The summed E-state index contributed by atoms with van der Waals surface area (Å²) in [5.41, 5.74) is 0. The van der Waals surface area contributed by atoms with Crippen LogP contribution in [0.15, 0.2) is 11.9 Å². The average Bonchev–Trinajstić information content (AvgIpc) is 2.70. The topological polar surface area (TPSA) is 42.0 Å². The van der Waals surface area contributed by atoms with Gasteiger partial charge in [-0.1, -0.05) is 19.9 Å². The van der Waals surface area contributed by atoms with Gasteiger partial charge in [0, 0.05) is 31.7 Å². The van der Waals surface area contributed by atoms with E-state index in [0.29, 0.717) is 12.6 Å². The molecule has 0 aromatic carbocycles. The van der Waals surface area contributed by atoms with Gasteiger partial charge in [-0.15, -0.1) is 0 Å². The van der Waals surface area contributed by atoms with E-state index in [0.717, 1.165) is 32.5 Å². The number of nitrogens with zero attached hydrogens (tertiary/aromatic N) is 2. The first-order valence-corrected chi connectivity index (χ1v) is 13.1. The maximum absolute atomic E-state index is 12.0. The molecule has 1 aliphatic rings. The van der Waals surface area contributed by atoms with Crippen LogP contribution in [-0.4, -0.2) is 74.9 Å². The molecule has 0 spiro atoms. The summed E-state index contributed by atoms with van der Waals surface area (Å²) in [5, 5.41) is 0. The van der Waals surface area contributed by atoms with Gasteiger partial charge in [0.25, 0.3) is 0 Å². The summed E-state index contributed by atoms with van der Waals surface area (Å²) in [5.74, 6) is 1.78. The van der Waals surface area contributed by atoms with Gasteiger partial charge < -0.3 is 13.8 Å². The van der Waals surface area contributed by atoms with Crippen molar-refractivity contribution in [2.75, 3.05) is 39.6 Å². The van der Waals surface area contributed by atoms with E-state index < -0.39 is 15.6 Å². The monoisotopic (exact) mass is 388 g/mol. The predicted molar refractivity (Wildman–Crippen MR) is 110 cm³/mol. The quantitative estimate of drug-likeness (QED) is 0.440. The second-order valence-electron chi connectivity index (χ2n) is 7.13. The Morgan fingerprint density at radius 2 is 2.12 bits per heavy atom. The van der Waals surface area contributed by atoms with Gasteiger partial charge in [-0.2, -0.15) is 0 Å². The highest BCUT2D eigenvalue weighted by atomic mass is 31.2. The first kappa shape index (κ1) is 23.3. The van der Waals surface area contributed by atoms with E-state index in [-0.39, 0.29) is 12.1 Å². The van der Waals surface area contributed by atoms with Crippen LogP contribution in [0.2, 0.25) is 0 Å². The van der Waals surface area contributed by atoms with Crippen LogP contribution in [0.3, 0.4) is 0 Å². The molecule has 0 amide bonds. The van der Waals surface area contributed by atoms with E-state index in [2.05, 4.69) is 37.0 Å². The lowest BCUT2D eigenvalue weighted by Crippen LogP contribution is -2.37. The molecule has 0 N–H and O–H groups in total. The minimum absolute atomic E-state index is 0.160. The standard InChI is InChI=1S/C17H35BN2O3P2/c1-7-12-22-24(20(8-2)15(3)4)19-11-9-17(18)23-16(14-19)10-13-25(5,6)21/h10,13,15-17H,7-9,11-12,14H2,1-6H3/b13-10+. The minimum atomic E-state index is -2.22. The first-order chi connectivity index (χ1) is 11.7. The Morgan fingerprint density at radius 1 is 1.44 bits per heavy atom. The van der Waals surface area contributed by atoms with Crippen LogP contribution in [0.4, 0.5) is 0 Å². The summed E-state index contributed by atoms with van der Waals surface area (Å²) in [6.07, 6.45) is 3.52. The van der Waals surface area contributed by atoms with Crippen LogP contribution < -0.4 is 0 Å². The second-order valence-corrected chi connectivity index (χ2v) is 12.1. The van der Waals surface area contributed by atoms with Crippen molar-refractivity contribution in [1.82, 2.24) is 9.34 Å². The van der Waals surface area contributed by atoms with Gasteiger partial charge in [-0.3, -0.25) is 0 Å². The molecule has 3 atom stereocenters. The van der Waals surface area contributed by atoms with Crippen LogP contribution in [0.1, 0.15) is 40.5 Å². The number of hydrogen-bond donors (Lipinski definition) is 0. The third-order valence-corrected chi connectivity index (χ3v) is 7.20. The lowest BCUT2D eigenvalue weighted by atomic mass is 9.97. The Morgan fingerprint density at radius 3 is 2.64 bits per heavy atom. The van der Waals surface area contributed by atoms with Crippen LogP contribution >= 0.6 is 15.6 Å². The van der Waals surface area contributed by atoms with E-state index in [1.54, 1.807) is 19.1 Å². The van der Waals surface area contributed by atoms with E-state index >= 15 is 0 Å². The van der Waals surface area contributed by atoms with Crippen molar-refractivity contribution in [1.29, 1.82) is 0 Å². The fourth-order valence-electron chi connectivity index (χ4n) is 2.65. The van der Waals surface area contributed by atoms with Crippen molar-refractivity contribution < 1.29 is 13.8 Å². The summed E-state index contributed by atoms with van der Waals surface area (Å²) in [7, 11) is 3.01. The lowest BCUT2D eigenvalue weighted by Gasteiger charge is -2.39. The number of ether oxygens (including phenoxy) is 1. The van der Waals surface area contributed by atoms with Crippen molar-refractivity contribution in [2.24, 2.45) is 0 Å².